The van der Waals surface area contributed by atoms with E-state index in [1.807, 2.05) is 17.0 Å². The Morgan fingerprint density at radius 3 is 2.78 bits per heavy atom. The van der Waals surface area contributed by atoms with E-state index < -0.39 is 12.0 Å². The first-order valence-corrected chi connectivity index (χ1v) is 7.94. The molecule has 1 atom stereocenters. The van der Waals surface area contributed by atoms with Crippen LogP contribution in [0, 0.1) is 0 Å². The van der Waals surface area contributed by atoms with Crippen LogP contribution < -0.4 is 0 Å². The summed E-state index contributed by atoms with van der Waals surface area (Å²) in [6.07, 6.45) is 1.56. The van der Waals surface area contributed by atoms with Crippen molar-refractivity contribution in [2.75, 3.05) is 6.54 Å². The zero-order valence-electron chi connectivity index (χ0n) is 13.4. The van der Waals surface area contributed by atoms with Gasteiger partial charge in [0.05, 0.1) is 6.54 Å². The first-order valence-electron chi connectivity index (χ1n) is 7.94. The summed E-state index contributed by atoms with van der Waals surface area (Å²) >= 11 is 0. The summed E-state index contributed by atoms with van der Waals surface area (Å²) in [5.74, 6) is 0.696. The van der Waals surface area contributed by atoms with Crippen LogP contribution in [0.4, 0.5) is 0 Å². The van der Waals surface area contributed by atoms with Crippen molar-refractivity contribution in [1.29, 1.82) is 0 Å². The van der Waals surface area contributed by atoms with Gasteiger partial charge in [0, 0.05) is 5.56 Å². The molecule has 0 spiro atoms. The van der Waals surface area contributed by atoms with Crippen molar-refractivity contribution in [3.8, 4) is 11.4 Å². The molecule has 0 amide bonds. The minimum atomic E-state index is -0.786. The minimum absolute atomic E-state index is 0.383. The second-order valence-corrected chi connectivity index (χ2v) is 6.26. The zero-order chi connectivity index (χ0) is 16.4. The van der Waals surface area contributed by atoms with Crippen LogP contribution in [0.5, 0.6) is 0 Å². The van der Waals surface area contributed by atoms with Crippen molar-refractivity contribution in [3.05, 3.63) is 35.7 Å². The van der Waals surface area contributed by atoms with E-state index >= 15 is 0 Å². The lowest BCUT2D eigenvalue weighted by molar-refractivity contribution is -0.142. The molecule has 1 fully saturated rings. The van der Waals surface area contributed by atoms with Crippen molar-refractivity contribution in [1.82, 2.24) is 15.0 Å². The number of likely N-dealkylation sites (tertiary alicyclic amines) is 1. The Hall–Kier alpha value is -2.21. The van der Waals surface area contributed by atoms with Crippen LogP contribution in [-0.4, -0.2) is 38.7 Å². The highest BCUT2D eigenvalue weighted by Crippen LogP contribution is 2.23. The maximum Gasteiger partial charge on any atom is 0.320 e. The molecular weight excluding hydrogens is 294 g/mol. The molecule has 1 aromatic carbocycles. The van der Waals surface area contributed by atoms with E-state index in [0.717, 1.165) is 18.5 Å². The molecule has 6 nitrogen and oxygen atoms in total. The van der Waals surface area contributed by atoms with Gasteiger partial charge in [-0.15, -0.1) is 0 Å². The summed E-state index contributed by atoms with van der Waals surface area (Å²) in [7, 11) is 0. The Labute approximate surface area is 135 Å². The lowest BCUT2D eigenvalue weighted by atomic mass is 10.0. The van der Waals surface area contributed by atoms with Gasteiger partial charge >= 0.3 is 5.97 Å². The molecule has 122 valence electrons. The molecule has 0 saturated carbocycles. The maximum absolute atomic E-state index is 11.2. The van der Waals surface area contributed by atoms with Crippen LogP contribution in [0.25, 0.3) is 11.4 Å². The Bertz CT molecular complexity index is 679. The molecule has 1 aliphatic rings. The standard InChI is InChI=1S/C17H21N3O3/c1-11(2)12-5-7-13(8-6-12)16-18-15(23-19-16)10-20-9-3-4-14(20)17(21)22/h5-8,11,14H,3-4,9-10H2,1-2H3,(H,21,22). The lowest BCUT2D eigenvalue weighted by Crippen LogP contribution is -2.35. The fraction of sp³-hybridized carbons (Fsp3) is 0.471. The van der Waals surface area contributed by atoms with E-state index in [2.05, 4.69) is 36.1 Å². The molecule has 6 heteroatoms. The summed E-state index contributed by atoms with van der Waals surface area (Å²) in [4.78, 5) is 17.5. The number of rotatable bonds is 5. The van der Waals surface area contributed by atoms with Gasteiger partial charge in [0.15, 0.2) is 0 Å². The highest BCUT2D eigenvalue weighted by atomic mass is 16.5. The number of carbonyl (C=O) groups is 1. The monoisotopic (exact) mass is 315 g/mol. The Balaban J connectivity index is 1.71. The summed E-state index contributed by atoms with van der Waals surface area (Å²) in [5, 5.41) is 13.2. The number of hydrogen-bond acceptors (Lipinski definition) is 5. The smallest absolute Gasteiger partial charge is 0.320 e. The number of hydrogen-bond donors (Lipinski definition) is 1. The zero-order valence-corrected chi connectivity index (χ0v) is 13.4. The van der Waals surface area contributed by atoms with Gasteiger partial charge in [0.1, 0.15) is 6.04 Å². The topological polar surface area (TPSA) is 79.5 Å². The van der Waals surface area contributed by atoms with Gasteiger partial charge in [-0.25, -0.2) is 0 Å². The molecule has 0 bridgehead atoms. The number of carboxylic acids is 1. The average molecular weight is 315 g/mol. The van der Waals surface area contributed by atoms with E-state index in [4.69, 9.17) is 4.52 Å². The highest BCUT2D eigenvalue weighted by molar-refractivity contribution is 5.73. The van der Waals surface area contributed by atoms with Gasteiger partial charge in [0.2, 0.25) is 11.7 Å². The fourth-order valence-corrected chi connectivity index (χ4v) is 2.92. The summed E-state index contributed by atoms with van der Waals surface area (Å²) in [5.41, 5.74) is 2.17. The van der Waals surface area contributed by atoms with Gasteiger partial charge in [0.25, 0.3) is 0 Å². The SMILES string of the molecule is CC(C)c1ccc(-c2noc(CN3CCCC3C(=O)O)n2)cc1. The molecule has 0 radical (unpaired) electrons. The minimum Gasteiger partial charge on any atom is -0.480 e. The molecule has 3 rings (SSSR count). The van der Waals surface area contributed by atoms with Gasteiger partial charge < -0.3 is 9.63 Å². The molecule has 1 aromatic heterocycles. The number of nitrogens with zero attached hydrogens (tertiary/aromatic N) is 3. The predicted octanol–water partition coefficient (Wildman–Crippen LogP) is 2.91. The third-order valence-electron chi connectivity index (χ3n) is 4.29. The van der Waals surface area contributed by atoms with Gasteiger partial charge in [-0.05, 0) is 30.9 Å². The number of carboxylic acid groups (broad SMARTS) is 1. The Morgan fingerprint density at radius 2 is 2.13 bits per heavy atom. The third kappa shape index (κ3) is 3.42. The molecule has 1 aliphatic heterocycles. The molecular formula is C17H21N3O3. The molecule has 0 aliphatic carbocycles. The highest BCUT2D eigenvalue weighted by Gasteiger charge is 2.31. The van der Waals surface area contributed by atoms with Gasteiger partial charge in [-0.2, -0.15) is 4.98 Å². The quantitative estimate of drug-likeness (QED) is 0.914. The maximum atomic E-state index is 11.2. The van der Waals surface area contributed by atoms with Crippen molar-refractivity contribution in [2.24, 2.45) is 0 Å². The lowest BCUT2D eigenvalue weighted by Gasteiger charge is -2.18. The van der Waals surface area contributed by atoms with Crippen LogP contribution in [0.2, 0.25) is 0 Å². The molecule has 1 unspecified atom stereocenters. The second-order valence-electron chi connectivity index (χ2n) is 6.26. The van der Waals surface area contributed by atoms with Crippen LogP contribution in [-0.2, 0) is 11.3 Å². The van der Waals surface area contributed by atoms with E-state index in [9.17, 15) is 9.90 Å². The Morgan fingerprint density at radius 1 is 1.39 bits per heavy atom. The first kappa shape index (κ1) is 15.7. The van der Waals surface area contributed by atoms with Crippen LogP contribution in [0.1, 0.15) is 44.1 Å². The van der Waals surface area contributed by atoms with Crippen LogP contribution in [0.15, 0.2) is 28.8 Å². The summed E-state index contributed by atoms with van der Waals surface area (Å²) in [6, 6.07) is 7.66. The number of aromatic nitrogens is 2. The van der Waals surface area contributed by atoms with Crippen molar-refractivity contribution >= 4 is 5.97 Å². The Kier molecular flexibility index (Phi) is 4.43. The predicted molar refractivity (Wildman–Crippen MR) is 84.9 cm³/mol. The van der Waals surface area contributed by atoms with E-state index in [-0.39, 0.29) is 0 Å². The van der Waals surface area contributed by atoms with Gasteiger partial charge in [-0.1, -0.05) is 43.3 Å². The third-order valence-corrected chi connectivity index (χ3v) is 4.29. The molecule has 2 heterocycles. The summed E-state index contributed by atoms with van der Waals surface area (Å²) < 4.78 is 5.29. The number of aliphatic carboxylic acids is 1. The first-order chi connectivity index (χ1) is 11.0. The van der Waals surface area contributed by atoms with Crippen LogP contribution >= 0.6 is 0 Å². The van der Waals surface area contributed by atoms with E-state index in [0.29, 0.717) is 30.6 Å². The van der Waals surface area contributed by atoms with Crippen molar-refractivity contribution in [2.45, 2.75) is 45.2 Å². The van der Waals surface area contributed by atoms with E-state index in [1.165, 1.54) is 5.56 Å². The second kappa shape index (κ2) is 6.50. The molecule has 2 aromatic rings. The number of benzene rings is 1. The fourth-order valence-electron chi connectivity index (χ4n) is 2.92. The molecule has 23 heavy (non-hydrogen) atoms. The van der Waals surface area contributed by atoms with E-state index in [1.54, 1.807) is 0 Å². The van der Waals surface area contributed by atoms with Crippen molar-refractivity contribution in [3.63, 3.8) is 0 Å². The van der Waals surface area contributed by atoms with Crippen molar-refractivity contribution < 1.29 is 14.4 Å². The summed E-state index contributed by atoms with van der Waals surface area (Å²) in [6.45, 7) is 5.43. The normalized spacial score (nSPS) is 18.7. The average Bonchev–Trinajstić information content (AvgIpc) is 3.17. The van der Waals surface area contributed by atoms with Crippen LogP contribution in [0.3, 0.4) is 0 Å². The molecule has 1 N–H and O–H groups in total. The largest absolute Gasteiger partial charge is 0.480 e. The van der Waals surface area contributed by atoms with Gasteiger partial charge in [-0.3, -0.25) is 9.69 Å². The molecule has 1 saturated heterocycles.